The summed E-state index contributed by atoms with van der Waals surface area (Å²) in [5, 5.41) is 3.50. The molecule has 3 heteroatoms. The van der Waals surface area contributed by atoms with E-state index in [0.717, 1.165) is 37.2 Å². The molecule has 0 amide bonds. The van der Waals surface area contributed by atoms with Gasteiger partial charge in [-0.1, -0.05) is 35.0 Å². The van der Waals surface area contributed by atoms with Crippen molar-refractivity contribution in [3.8, 4) is 0 Å². The maximum Gasteiger partial charge on any atom is 0.0537 e. The summed E-state index contributed by atoms with van der Waals surface area (Å²) in [5.41, 5.74) is 1.68. The Kier molecular flexibility index (Phi) is 5.22. The Morgan fingerprint density at radius 2 is 2.11 bits per heavy atom. The van der Waals surface area contributed by atoms with Crippen LogP contribution in [0.15, 0.2) is 28.7 Å². The first-order chi connectivity index (χ1) is 8.74. The molecule has 1 unspecified atom stereocenters. The molecule has 0 spiro atoms. The molecule has 0 aliphatic carbocycles. The smallest absolute Gasteiger partial charge is 0.0537 e. The Morgan fingerprint density at radius 3 is 2.72 bits per heavy atom. The third-order valence-corrected chi connectivity index (χ3v) is 4.18. The Morgan fingerprint density at radius 1 is 1.33 bits per heavy atom. The number of ether oxygens (including phenoxy) is 1. The monoisotopic (exact) mass is 311 g/mol. The molecule has 0 saturated carbocycles. The van der Waals surface area contributed by atoms with Crippen LogP contribution in [0.2, 0.25) is 0 Å². The highest BCUT2D eigenvalue weighted by Gasteiger charge is 2.32. The molecule has 0 bridgehead atoms. The van der Waals surface area contributed by atoms with Gasteiger partial charge in [0.25, 0.3) is 0 Å². The highest BCUT2D eigenvalue weighted by atomic mass is 79.9. The molecule has 0 aromatic heterocycles. The molecule has 1 atom stereocenters. The maximum atomic E-state index is 5.73. The van der Waals surface area contributed by atoms with Crippen molar-refractivity contribution in [1.29, 1.82) is 0 Å². The Bertz CT molecular complexity index is 357. The van der Waals surface area contributed by atoms with Gasteiger partial charge in [0.05, 0.1) is 6.61 Å². The number of hydrogen-bond acceptors (Lipinski definition) is 2. The largest absolute Gasteiger partial charge is 0.381 e. The minimum atomic E-state index is 0.280. The van der Waals surface area contributed by atoms with Gasteiger partial charge in [0.1, 0.15) is 0 Å². The minimum Gasteiger partial charge on any atom is -0.381 e. The maximum absolute atomic E-state index is 5.73. The van der Waals surface area contributed by atoms with Crippen LogP contribution in [0.5, 0.6) is 0 Å². The van der Waals surface area contributed by atoms with Crippen LogP contribution in [-0.4, -0.2) is 26.3 Å². The SMILES string of the molecule is CCNCC1(Cc2ccc(Br)cc2)CCCOC1. The molecule has 1 saturated heterocycles. The molecule has 1 aromatic rings. The second kappa shape index (κ2) is 6.69. The van der Waals surface area contributed by atoms with E-state index in [0.29, 0.717) is 0 Å². The summed E-state index contributed by atoms with van der Waals surface area (Å²) in [6.07, 6.45) is 3.55. The average molecular weight is 312 g/mol. The fourth-order valence-electron chi connectivity index (χ4n) is 2.68. The second-order valence-electron chi connectivity index (χ2n) is 5.24. The van der Waals surface area contributed by atoms with Crippen molar-refractivity contribution in [2.45, 2.75) is 26.2 Å². The predicted octanol–water partition coefficient (Wildman–Crippen LogP) is 3.40. The van der Waals surface area contributed by atoms with E-state index in [2.05, 4.69) is 52.4 Å². The third kappa shape index (κ3) is 3.81. The van der Waals surface area contributed by atoms with Gasteiger partial charge < -0.3 is 10.1 Å². The molecule has 1 aliphatic rings. The fourth-order valence-corrected chi connectivity index (χ4v) is 2.94. The zero-order valence-corrected chi connectivity index (χ0v) is 12.6. The van der Waals surface area contributed by atoms with Crippen LogP contribution in [0.25, 0.3) is 0 Å². The van der Waals surface area contributed by atoms with Gasteiger partial charge in [0.2, 0.25) is 0 Å². The average Bonchev–Trinajstić information content (AvgIpc) is 2.40. The lowest BCUT2D eigenvalue weighted by molar-refractivity contribution is -0.00690. The lowest BCUT2D eigenvalue weighted by atomic mass is 9.77. The van der Waals surface area contributed by atoms with Gasteiger partial charge in [-0.25, -0.2) is 0 Å². The number of benzene rings is 1. The summed E-state index contributed by atoms with van der Waals surface area (Å²) in [4.78, 5) is 0. The molecule has 18 heavy (non-hydrogen) atoms. The summed E-state index contributed by atoms with van der Waals surface area (Å²) in [6.45, 7) is 6.06. The highest BCUT2D eigenvalue weighted by Crippen LogP contribution is 2.32. The van der Waals surface area contributed by atoms with Crippen LogP contribution in [0.4, 0.5) is 0 Å². The molecule has 1 aromatic carbocycles. The van der Waals surface area contributed by atoms with E-state index in [1.807, 2.05) is 0 Å². The van der Waals surface area contributed by atoms with Crippen LogP contribution in [0.1, 0.15) is 25.3 Å². The predicted molar refractivity (Wildman–Crippen MR) is 78.9 cm³/mol. The van der Waals surface area contributed by atoms with E-state index in [4.69, 9.17) is 4.74 Å². The summed E-state index contributed by atoms with van der Waals surface area (Å²) in [7, 11) is 0. The van der Waals surface area contributed by atoms with E-state index in [1.165, 1.54) is 18.4 Å². The summed E-state index contributed by atoms with van der Waals surface area (Å²) in [6, 6.07) is 8.68. The van der Waals surface area contributed by atoms with Crippen LogP contribution >= 0.6 is 15.9 Å². The summed E-state index contributed by atoms with van der Waals surface area (Å²) >= 11 is 3.49. The molecule has 2 nitrogen and oxygen atoms in total. The van der Waals surface area contributed by atoms with E-state index >= 15 is 0 Å². The zero-order valence-electron chi connectivity index (χ0n) is 11.0. The molecule has 1 fully saturated rings. The topological polar surface area (TPSA) is 21.3 Å². The lowest BCUT2D eigenvalue weighted by Gasteiger charge is -2.37. The number of halogens is 1. The van der Waals surface area contributed by atoms with E-state index in [1.54, 1.807) is 0 Å². The Hall–Kier alpha value is -0.380. The molecule has 1 N–H and O–H groups in total. The quantitative estimate of drug-likeness (QED) is 0.900. The van der Waals surface area contributed by atoms with Gasteiger partial charge in [0, 0.05) is 23.0 Å². The first-order valence-electron chi connectivity index (χ1n) is 6.77. The minimum absolute atomic E-state index is 0.280. The lowest BCUT2D eigenvalue weighted by Crippen LogP contribution is -2.42. The highest BCUT2D eigenvalue weighted by molar-refractivity contribution is 9.10. The van der Waals surface area contributed by atoms with Gasteiger partial charge in [-0.3, -0.25) is 0 Å². The molecule has 2 rings (SSSR count). The molecule has 100 valence electrons. The van der Waals surface area contributed by atoms with Gasteiger partial charge >= 0.3 is 0 Å². The van der Waals surface area contributed by atoms with E-state index in [9.17, 15) is 0 Å². The van der Waals surface area contributed by atoms with Crippen molar-refractivity contribution in [2.24, 2.45) is 5.41 Å². The Labute approximate surface area is 118 Å². The normalized spacial score (nSPS) is 24.1. The van der Waals surface area contributed by atoms with Crippen LogP contribution in [0, 0.1) is 5.41 Å². The van der Waals surface area contributed by atoms with Crippen LogP contribution < -0.4 is 5.32 Å². The Balaban J connectivity index is 2.06. The first kappa shape index (κ1) is 14.0. The molecular weight excluding hydrogens is 290 g/mol. The molecule has 1 aliphatic heterocycles. The molecule has 0 radical (unpaired) electrons. The van der Waals surface area contributed by atoms with Gasteiger partial charge in [-0.2, -0.15) is 0 Å². The number of nitrogens with one attached hydrogen (secondary N) is 1. The van der Waals surface area contributed by atoms with Crippen molar-refractivity contribution in [3.05, 3.63) is 34.3 Å². The van der Waals surface area contributed by atoms with Crippen molar-refractivity contribution in [3.63, 3.8) is 0 Å². The van der Waals surface area contributed by atoms with Gasteiger partial charge in [-0.15, -0.1) is 0 Å². The summed E-state index contributed by atoms with van der Waals surface area (Å²) < 4.78 is 6.87. The van der Waals surface area contributed by atoms with Crippen molar-refractivity contribution in [2.75, 3.05) is 26.3 Å². The molecular formula is C15H22BrNO. The van der Waals surface area contributed by atoms with Gasteiger partial charge in [-0.05, 0) is 43.5 Å². The van der Waals surface area contributed by atoms with Crippen molar-refractivity contribution < 1.29 is 4.74 Å². The number of hydrogen-bond donors (Lipinski definition) is 1. The molecule has 1 heterocycles. The van der Waals surface area contributed by atoms with Crippen LogP contribution in [-0.2, 0) is 11.2 Å². The van der Waals surface area contributed by atoms with E-state index < -0.39 is 0 Å². The van der Waals surface area contributed by atoms with Crippen molar-refractivity contribution in [1.82, 2.24) is 5.32 Å². The van der Waals surface area contributed by atoms with Crippen molar-refractivity contribution >= 4 is 15.9 Å². The van der Waals surface area contributed by atoms with Crippen LogP contribution in [0.3, 0.4) is 0 Å². The number of rotatable bonds is 5. The summed E-state index contributed by atoms with van der Waals surface area (Å²) in [5.74, 6) is 0. The third-order valence-electron chi connectivity index (χ3n) is 3.65. The fraction of sp³-hybridized carbons (Fsp3) is 0.600. The first-order valence-corrected chi connectivity index (χ1v) is 7.56. The standard InChI is InChI=1S/C15H22BrNO/c1-2-17-11-15(8-3-9-18-12-15)10-13-4-6-14(16)7-5-13/h4-7,17H,2-3,8-12H2,1H3. The van der Waals surface area contributed by atoms with E-state index in [-0.39, 0.29) is 5.41 Å². The second-order valence-corrected chi connectivity index (χ2v) is 6.16. The zero-order chi connectivity index (χ0) is 12.8. The van der Waals surface area contributed by atoms with Gasteiger partial charge in [0.15, 0.2) is 0 Å².